The smallest absolute Gasteiger partial charge is 0.339 e. The highest BCUT2D eigenvalue weighted by atomic mass is 16.5. The number of benzene rings is 3. The largest absolute Gasteiger partial charge is 0.497 e. The van der Waals surface area contributed by atoms with Crippen LogP contribution in [0.5, 0.6) is 11.5 Å². The molecular formula is C27H23NO5. The summed E-state index contributed by atoms with van der Waals surface area (Å²) in [7, 11) is 3.16. The third-order valence-corrected chi connectivity index (χ3v) is 5.39. The normalized spacial score (nSPS) is 10.6. The van der Waals surface area contributed by atoms with Crippen LogP contribution in [0.3, 0.4) is 0 Å². The minimum atomic E-state index is -0.579. The predicted octanol–water partition coefficient (Wildman–Crippen LogP) is 5.27. The van der Waals surface area contributed by atoms with E-state index in [1.165, 1.54) is 0 Å². The Bertz CT molecular complexity index is 1310. The minimum Gasteiger partial charge on any atom is -0.497 e. The van der Waals surface area contributed by atoms with Crippen molar-refractivity contribution in [2.24, 2.45) is 0 Å². The van der Waals surface area contributed by atoms with Crippen LogP contribution in [0.15, 0.2) is 72.8 Å². The molecular weight excluding hydrogens is 418 g/mol. The van der Waals surface area contributed by atoms with Crippen molar-refractivity contribution in [2.45, 2.75) is 6.92 Å². The van der Waals surface area contributed by atoms with E-state index in [9.17, 15) is 9.59 Å². The first-order valence-corrected chi connectivity index (χ1v) is 10.4. The molecule has 0 aliphatic carbocycles. The standard InChI is InChI=1S/C27H23NO5/c1-17-5-4-6-22-23(15-24(28-26(17)22)18-7-11-20(31-2)12-8-18)27(30)33-16-25(29)19-9-13-21(32-3)14-10-19/h4-15H,16H2,1-3H3. The second kappa shape index (κ2) is 9.53. The van der Waals surface area contributed by atoms with Gasteiger partial charge in [0.1, 0.15) is 11.5 Å². The lowest BCUT2D eigenvalue weighted by Crippen LogP contribution is -2.15. The van der Waals surface area contributed by atoms with E-state index >= 15 is 0 Å². The molecule has 0 saturated heterocycles. The molecule has 4 aromatic rings. The molecule has 0 amide bonds. The number of Topliss-reactive ketones (excluding diaryl/α,β-unsaturated/α-hetero) is 1. The first-order chi connectivity index (χ1) is 16.0. The molecule has 166 valence electrons. The Kier molecular flexibility index (Phi) is 6.36. The highest BCUT2D eigenvalue weighted by Crippen LogP contribution is 2.28. The zero-order valence-electron chi connectivity index (χ0n) is 18.6. The summed E-state index contributed by atoms with van der Waals surface area (Å²) in [5.74, 6) is 0.501. The van der Waals surface area contributed by atoms with Gasteiger partial charge in [0, 0.05) is 16.5 Å². The number of pyridine rings is 1. The second-order valence-corrected chi connectivity index (χ2v) is 7.48. The number of hydrogen-bond acceptors (Lipinski definition) is 6. The summed E-state index contributed by atoms with van der Waals surface area (Å²) in [5, 5.41) is 0.675. The van der Waals surface area contributed by atoms with Crippen LogP contribution in [-0.4, -0.2) is 37.6 Å². The number of carbonyl (C=O) groups is 2. The lowest BCUT2D eigenvalue weighted by Gasteiger charge is -2.12. The summed E-state index contributed by atoms with van der Waals surface area (Å²) in [6, 6.07) is 21.4. The molecule has 0 aliphatic heterocycles. The molecule has 1 heterocycles. The zero-order valence-corrected chi connectivity index (χ0v) is 18.6. The first-order valence-electron chi connectivity index (χ1n) is 10.4. The Morgan fingerprint density at radius 3 is 2.12 bits per heavy atom. The number of aryl methyl sites for hydroxylation is 1. The number of fused-ring (bicyclic) bond motifs is 1. The number of methoxy groups -OCH3 is 2. The van der Waals surface area contributed by atoms with Gasteiger partial charge in [0.25, 0.3) is 0 Å². The Labute approximate surface area is 191 Å². The molecule has 33 heavy (non-hydrogen) atoms. The fourth-order valence-corrected chi connectivity index (χ4v) is 3.54. The maximum atomic E-state index is 13.0. The van der Waals surface area contributed by atoms with Gasteiger partial charge in [0.05, 0.1) is 31.0 Å². The predicted molar refractivity (Wildman–Crippen MR) is 126 cm³/mol. The third-order valence-electron chi connectivity index (χ3n) is 5.39. The van der Waals surface area contributed by atoms with Gasteiger partial charge in [-0.2, -0.15) is 0 Å². The van der Waals surface area contributed by atoms with Crippen molar-refractivity contribution >= 4 is 22.7 Å². The number of ether oxygens (including phenoxy) is 3. The Morgan fingerprint density at radius 1 is 0.848 bits per heavy atom. The van der Waals surface area contributed by atoms with Crippen LogP contribution in [-0.2, 0) is 4.74 Å². The van der Waals surface area contributed by atoms with E-state index in [-0.39, 0.29) is 12.4 Å². The van der Waals surface area contributed by atoms with Crippen molar-refractivity contribution in [3.63, 3.8) is 0 Å². The van der Waals surface area contributed by atoms with Gasteiger partial charge in [0.15, 0.2) is 12.4 Å². The van der Waals surface area contributed by atoms with Gasteiger partial charge in [-0.3, -0.25) is 4.79 Å². The zero-order chi connectivity index (χ0) is 23.4. The molecule has 0 spiro atoms. The van der Waals surface area contributed by atoms with E-state index in [2.05, 4.69) is 0 Å². The third kappa shape index (κ3) is 4.70. The average Bonchev–Trinajstić information content (AvgIpc) is 2.87. The van der Waals surface area contributed by atoms with Crippen molar-refractivity contribution in [2.75, 3.05) is 20.8 Å². The fourth-order valence-electron chi connectivity index (χ4n) is 3.54. The van der Waals surface area contributed by atoms with Gasteiger partial charge >= 0.3 is 5.97 Å². The highest BCUT2D eigenvalue weighted by Gasteiger charge is 2.18. The Morgan fingerprint density at radius 2 is 1.48 bits per heavy atom. The number of rotatable bonds is 7. The van der Waals surface area contributed by atoms with E-state index in [1.807, 2.05) is 49.4 Å². The fraction of sp³-hybridized carbons (Fsp3) is 0.148. The summed E-state index contributed by atoms with van der Waals surface area (Å²) in [6.45, 7) is 1.58. The SMILES string of the molecule is COc1ccc(C(=O)COC(=O)c2cc(-c3ccc(OC)cc3)nc3c(C)cccc23)cc1. The summed E-state index contributed by atoms with van der Waals surface area (Å²) >= 11 is 0. The van der Waals surface area contributed by atoms with Gasteiger partial charge in [-0.1, -0.05) is 18.2 Å². The van der Waals surface area contributed by atoms with Crippen LogP contribution in [0.4, 0.5) is 0 Å². The average molecular weight is 441 g/mol. The van der Waals surface area contributed by atoms with Gasteiger partial charge in [-0.15, -0.1) is 0 Å². The van der Waals surface area contributed by atoms with Crippen molar-refractivity contribution in [3.8, 4) is 22.8 Å². The number of esters is 1. The molecule has 0 aliphatic rings. The lowest BCUT2D eigenvalue weighted by molar-refractivity contribution is 0.0476. The molecule has 0 atom stereocenters. The summed E-state index contributed by atoms with van der Waals surface area (Å²) in [4.78, 5) is 30.3. The topological polar surface area (TPSA) is 74.7 Å². The van der Waals surface area contributed by atoms with Gasteiger partial charge in [0.2, 0.25) is 0 Å². The molecule has 6 nitrogen and oxygen atoms in total. The highest BCUT2D eigenvalue weighted by molar-refractivity contribution is 6.06. The molecule has 0 bridgehead atoms. The summed E-state index contributed by atoms with van der Waals surface area (Å²) in [5.41, 5.74) is 3.91. The number of ketones is 1. The van der Waals surface area contributed by atoms with Gasteiger partial charge in [-0.25, -0.2) is 9.78 Å². The van der Waals surface area contributed by atoms with Crippen LogP contribution < -0.4 is 9.47 Å². The van der Waals surface area contributed by atoms with E-state index in [4.69, 9.17) is 19.2 Å². The monoisotopic (exact) mass is 441 g/mol. The minimum absolute atomic E-state index is 0.295. The van der Waals surface area contributed by atoms with Crippen molar-refractivity contribution in [1.29, 1.82) is 0 Å². The van der Waals surface area contributed by atoms with Gasteiger partial charge < -0.3 is 14.2 Å². The first kappa shape index (κ1) is 22.0. The van der Waals surface area contributed by atoms with Crippen LogP contribution >= 0.6 is 0 Å². The quantitative estimate of drug-likeness (QED) is 0.287. The lowest BCUT2D eigenvalue weighted by atomic mass is 10.0. The molecule has 0 unspecified atom stereocenters. The molecule has 3 aromatic carbocycles. The van der Waals surface area contributed by atoms with E-state index in [1.54, 1.807) is 44.6 Å². The molecule has 0 N–H and O–H groups in total. The summed E-state index contributed by atoms with van der Waals surface area (Å²) in [6.07, 6.45) is 0. The summed E-state index contributed by atoms with van der Waals surface area (Å²) < 4.78 is 15.7. The maximum absolute atomic E-state index is 13.0. The Hall–Kier alpha value is -4.19. The molecule has 0 saturated carbocycles. The number of hydrogen-bond donors (Lipinski definition) is 0. The number of para-hydroxylation sites is 1. The van der Waals surface area contributed by atoms with Crippen LogP contribution in [0.25, 0.3) is 22.2 Å². The molecule has 6 heteroatoms. The molecule has 1 aromatic heterocycles. The number of nitrogens with zero attached hydrogens (tertiary/aromatic N) is 1. The molecule has 0 radical (unpaired) electrons. The molecule has 0 fully saturated rings. The number of carbonyl (C=O) groups excluding carboxylic acids is 2. The molecule has 4 rings (SSSR count). The van der Waals surface area contributed by atoms with E-state index in [0.717, 1.165) is 16.9 Å². The van der Waals surface area contributed by atoms with Crippen LogP contribution in [0, 0.1) is 6.92 Å². The second-order valence-electron chi connectivity index (χ2n) is 7.48. The van der Waals surface area contributed by atoms with E-state index < -0.39 is 5.97 Å². The van der Waals surface area contributed by atoms with Crippen molar-refractivity contribution in [1.82, 2.24) is 4.98 Å². The van der Waals surface area contributed by atoms with Crippen LogP contribution in [0.2, 0.25) is 0 Å². The van der Waals surface area contributed by atoms with Crippen molar-refractivity contribution in [3.05, 3.63) is 89.5 Å². The van der Waals surface area contributed by atoms with Crippen molar-refractivity contribution < 1.29 is 23.8 Å². The number of aromatic nitrogens is 1. The van der Waals surface area contributed by atoms with Gasteiger partial charge in [-0.05, 0) is 67.1 Å². The van der Waals surface area contributed by atoms with E-state index in [0.29, 0.717) is 33.5 Å². The Balaban J connectivity index is 1.64. The maximum Gasteiger partial charge on any atom is 0.339 e. The van der Waals surface area contributed by atoms with Crippen LogP contribution in [0.1, 0.15) is 26.3 Å².